The van der Waals surface area contributed by atoms with E-state index in [-0.39, 0.29) is 22.3 Å². The third kappa shape index (κ3) is 3.61. The second-order valence-electron chi connectivity index (χ2n) is 7.29. The van der Waals surface area contributed by atoms with E-state index in [2.05, 4.69) is 0 Å². The summed E-state index contributed by atoms with van der Waals surface area (Å²) < 4.78 is 16.2. The molecule has 0 aliphatic carbocycles. The van der Waals surface area contributed by atoms with Gasteiger partial charge in [-0.05, 0) is 17.7 Å². The molecule has 3 aromatic rings. The molecule has 4 rings (SSSR count). The van der Waals surface area contributed by atoms with Gasteiger partial charge in [-0.1, -0.05) is 12.1 Å². The molecule has 5 atom stereocenters. The van der Waals surface area contributed by atoms with E-state index in [1.54, 1.807) is 0 Å². The lowest BCUT2D eigenvalue weighted by atomic mass is 9.99. The average Bonchev–Trinajstić information content (AvgIpc) is 2.77. The molecule has 0 saturated carbocycles. The summed E-state index contributed by atoms with van der Waals surface area (Å²) in [6.07, 6.45) is -6.99. The van der Waals surface area contributed by atoms with Gasteiger partial charge in [-0.15, -0.1) is 0 Å². The molecule has 1 aliphatic heterocycles. The molecule has 1 aliphatic rings. The first-order valence-corrected chi connectivity index (χ1v) is 9.50. The van der Waals surface area contributed by atoms with Gasteiger partial charge < -0.3 is 49.6 Å². The second kappa shape index (κ2) is 8.30. The monoisotopic (exact) mass is 448 g/mol. The highest BCUT2D eigenvalue weighted by Crippen LogP contribution is 2.41. The molecule has 32 heavy (non-hydrogen) atoms. The van der Waals surface area contributed by atoms with Crippen molar-refractivity contribution in [3.05, 3.63) is 46.8 Å². The Morgan fingerprint density at radius 2 is 1.62 bits per heavy atom. The van der Waals surface area contributed by atoms with Gasteiger partial charge in [0.15, 0.2) is 11.3 Å². The maximum atomic E-state index is 13.0. The van der Waals surface area contributed by atoms with E-state index in [1.807, 2.05) is 0 Å². The van der Waals surface area contributed by atoms with Gasteiger partial charge in [0.1, 0.15) is 47.6 Å². The SMILES string of the molecule is O=c1c(-c2ccc(O)cc2)coc2c(OC3O[C@H](CO)[C@@H](O)[C@H](O)[C@H]3O)c(O)cc(O)c12. The molecule has 1 unspecified atom stereocenters. The zero-order chi connectivity index (χ0) is 23.2. The highest BCUT2D eigenvalue weighted by Gasteiger charge is 2.45. The van der Waals surface area contributed by atoms with Gasteiger partial charge in [0, 0.05) is 6.07 Å². The van der Waals surface area contributed by atoms with Crippen molar-refractivity contribution in [1.29, 1.82) is 0 Å². The van der Waals surface area contributed by atoms with Crippen LogP contribution in [0, 0.1) is 0 Å². The first kappa shape index (κ1) is 21.9. The summed E-state index contributed by atoms with van der Waals surface area (Å²) in [5.74, 6) is -1.75. The van der Waals surface area contributed by atoms with Crippen molar-refractivity contribution in [3.8, 4) is 34.1 Å². The number of aliphatic hydroxyl groups excluding tert-OH is 4. The summed E-state index contributed by atoms with van der Waals surface area (Å²) in [7, 11) is 0. The second-order valence-corrected chi connectivity index (χ2v) is 7.29. The Bertz CT molecular complexity index is 1190. The molecule has 0 bridgehead atoms. The van der Waals surface area contributed by atoms with Crippen molar-refractivity contribution in [2.75, 3.05) is 6.61 Å². The average molecular weight is 448 g/mol. The normalized spacial score (nSPS) is 25.7. The van der Waals surface area contributed by atoms with Crippen molar-refractivity contribution in [3.63, 3.8) is 0 Å². The lowest BCUT2D eigenvalue weighted by molar-refractivity contribution is -0.277. The van der Waals surface area contributed by atoms with E-state index in [1.165, 1.54) is 24.3 Å². The molecule has 2 aromatic carbocycles. The Labute approximate surface area is 179 Å². The van der Waals surface area contributed by atoms with Crippen molar-refractivity contribution >= 4 is 11.0 Å². The Balaban J connectivity index is 1.80. The molecule has 170 valence electrons. The number of aromatic hydroxyl groups is 3. The third-order valence-corrected chi connectivity index (χ3v) is 5.22. The molecule has 0 spiro atoms. The van der Waals surface area contributed by atoms with Crippen LogP contribution in [0.4, 0.5) is 0 Å². The first-order chi connectivity index (χ1) is 15.2. The minimum Gasteiger partial charge on any atom is -0.508 e. The van der Waals surface area contributed by atoms with Gasteiger partial charge in [-0.25, -0.2) is 0 Å². The van der Waals surface area contributed by atoms with Gasteiger partial charge in [0.2, 0.25) is 17.5 Å². The summed E-state index contributed by atoms with van der Waals surface area (Å²) in [4.78, 5) is 13.0. The van der Waals surface area contributed by atoms with Gasteiger partial charge in [-0.2, -0.15) is 0 Å². The Morgan fingerprint density at radius 3 is 2.28 bits per heavy atom. The highest BCUT2D eigenvalue weighted by atomic mass is 16.7. The lowest BCUT2D eigenvalue weighted by Crippen LogP contribution is -2.60. The molecule has 11 nitrogen and oxygen atoms in total. The van der Waals surface area contributed by atoms with Crippen LogP contribution < -0.4 is 10.2 Å². The molecule has 7 N–H and O–H groups in total. The van der Waals surface area contributed by atoms with Crippen molar-refractivity contribution in [2.24, 2.45) is 0 Å². The van der Waals surface area contributed by atoms with Crippen LogP contribution in [0.1, 0.15) is 0 Å². The van der Waals surface area contributed by atoms with Crippen LogP contribution in [-0.2, 0) is 4.74 Å². The fourth-order valence-corrected chi connectivity index (χ4v) is 3.49. The van der Waals surface area contributed by atoms with Crippen LogP contribution in [0.15, 0.2) is 45.8 Å². The fourth-order valence-electron chi connectivity index (χ4n) is 3.49. The van der Waals surface area contributed by atoms with Crippen LogP contribution in [-0.4, -0.2) is 73.1 Å². The van der Waals surface area contributed by atoms with Crippen molar-refractivity contribution in [1.82, 2.24) is 0 Å². The largest absolute Gasteiger partial charge is 0.508 e. The summed E-state index contributed by atoms with van der Waals surface area (Å²) in [5, 5.41) is 69.0. The Morgan fingerprint density at radius 1 is 0.938 bits per heavy atom. The summed E-state index contributed by atoms with van der Waals surface area (Å²) in [5.41, 5.74) is -0.598. The van der Waals surface area contributed by atoms with Crippen LogP contribution in [0.5, 0.6) is 23.0 Å². The first-order valence-electron chi connectivity index (χ1n) is 9.50. The number of fused-ring (bicyclic) bond motifs is 1. The predicted molar refractivity (Wildman–Crippen MR) is 107 cm³/mol. The maximum absolute atomic E-state index is 13.0. The standard InChI is InChI=1S/C21H20O11/c22-6-13-16(27)17(28)18(29)21(31-13)32-19-12(25)5-11(24)14-15(26)10(7-30-20(14)19)8-1-3-9(23)4-2-8/h1-5,7,13,16-18,21-25,27-29H,6H2/t13-,16-,17+,18-,21?/m1/s1. The van der Waals surface area contributed by atoms with Gasteiger partial charge in [-0.3, -0.25) is 4.79 Å². The molecule has 1 saturated heterocycles. The number of phenolic OH excluding ortho intramolecular Hbond substituents is 3. The quantitative estimate of drug-likeness (QED) is 0.279. The van der Waals surface area contributed by atoms with Gasteiger partial charge >= 0.3 is 0 Å². The van der Waals surface area contributed by atoms with Gasteiger partial charge in [0.25, 0.3) is 0 Å². The number of phenols is 3. The molecule has 1 fully saturated rings. The number of ether oxygens (including phenoxy) is 2. The molecule has 2 heterocycles. The Kier molecular flexibility index (Phi) is 5.67. The van der Waals surface area contributed by atoms with E-state index in [0.717, 1.165) is 12.3 Å². The number of benzene rings is 2. The van der Waals surface area contributed by atoms with Crippen molar-refractivity contribution < 1.29 is 49.6 Å². The van der Waals surface area contributed by atoms with Crippen LogP contribution >= 0.6 is 0 Å². The smallest absolute Gasteiger partial charge is 0.229 e. The predicted octanol–water partition coefficient (Wildman–Crippen LogP) is -0.245. The number of hydrogen-bond acceptors (Lipinski definition) is 11. The molecule has 0 radical (unpaired) electrons. The summed E-state index contributed by atoms with van der Waals surface area (Å²) >= 11 is 0. The fraction of sp³-hybridized carbons (Fsp3) is 0.286. The minimum atomic E-state index is -1.78. The van der Waals surface area contributed by atoms with Crippen LogP contribution in [0.3, 0.4) is 0 Å². The van der Waals surface area contributed by atoms with Crippen molar-refractivity contribution in [2.45, 2.75) is 30.7 Å². The van der Waals surface area contributed by atoms with Crippen LogP contribution in [0.25, 0.3) is 22.1 Å². The molecule has 11 heteroatoms. The highest BCUT2D eigenvalue weighted by molar-refractivity contribution is 5.93. The third-order valence-electron chi connectivity index (χ3n) is 5.22. The Hall–Kier alpha value is -3.35. The molecule has 0 amide bonds. The minimum absolute atomic E-state index is 0.0121. The zero-order valence-electron chi connectivity index (χ0n) is 16.3. The topological polar surface area (TPSA) is 190 Å². The van der Waals surface area contributed by atoms with E-state index < -0.39 is 60.0 Å². The zero-order valence-corrected chi connectivity index (χ0v) is 16.3. The van der Waals surface area contributed by atoms with Gasteiger partial charge in [0.05, 0.1) is 12.2 Å². The molecular weight excluding hydrogens is 428 g/mol. The van der Waals surface area contributed by atoms with E-state index in [0.29, 0.717) is 5.56 Å². The van der Waals surface area contributed by atoms with E-state index >= 15 is 0 Å². The molecular formula is C21H20O11. The number of aliphatic hydroxyl groups is 4. The summed E-state index contributed by atoms with van der Waals surface area (Å²) in [6, 6.07) is 6.50. The maximum Gasteiger partial charge on any atom is 0.229 e. The lowest BCUT2D eigenvalue weighted by Gasteiger charge is -2.39. The summed E-state index contributed by atoms with van der Waals surface area (Å²) in [6.45, 7) is -0.696. The number of hydrogen-bond donors (Lipinski definition) is 7. The number of rotatable bonds is 4. The van der Waals surface area contributed by atoms with E-state index in [4.69, 9.17) is 13.9 Å². The molecule has 1 aromatic heterocycles. The van der Waals surface area contributed by atoms with E-state index in [9.17, 15) is 40.5 Å². The van der Waals surface area contributed by atoms with Crippen LogP contribution in [0.2, 0.25) is 0 Å².